The summed E-state index contributed by atoms with van der Waals surface area (Å²) in [5.74, 6) is 0.655. The van der Waals surface area contributed by atoms with Gasteiger partial charge < -0.3 is 14.8 Å². The van der Waals surface area contributed by atoms with Crippen LogP contribution in [0.1, 0.15) is 19.8 Å². The van der Waals surface area contributed by atoms with Crippen molar-refractivity contribution in [3.05, 3.63) is 18.4 Å². The molecule has 8 heteroatoms. The number of rotatable bonds is 7. The molecule has 0 bridgehead atoms. The van der Waals surface area contributed by atoms with Crippen molar-refractivity contribution in [3.8, 4) is 11.6 Å². The average molecular weight is 279 g/mol. The fraction of sp³-hybridized carbons (Fsp3) is 0.500. The van der Waals surface area contributed by atoms with Gasteiger partial charge in [-0.1, -0.05) is 0 Å². The van der Waals surface area contributed by atoms with E-state index < -0.39 is 0 Å². The highest BCUT2D eigenvalue weighted by Crippen LogP contribution is 2.12. The molecule has 1 atom stereocenters. The molecule has 1 amide bonds. The fourth-order valence-corrected chi connectivity index (χ4v) is 1.73. The van der Waals surface area contributed by atoms with E-state index in [1.165, 1.54) is 11.1 Å². The summed E-state index contributed by atoms with van der Waals surface area (Å²) in [5, 5.41) is 23.2. The molecule has 2 aromatic heterocycles. The molecule has 2 aromatic rings. The topological polar surface area (TPSA) is 106 Å². The van der Waals surface area contributed by atoms with Gasteiger partial charge in [0.15, 0.2) is 5.76 Å². The molecule has 0 saturated carbocycles. The summed E-state index contributed by atoms with van der Waals surface area (Å²) in [6.45, 7) is 2.01. The Hall–Kier alpha value is -2.22. The maximum Gasteiger partial charge on any atom is 0.243 e. The molecule has 0 saturated heterocycles. The average Bonchev–Trinajstić information content (AvgIpc) is 3.06. The normalized spacial score (nSPS) is 12.3. The van der Waals surface area contributed by atoms with Gasteiger partial charge in [-0.15, -0.1) is 10.2 Å². The van der Waals surface area contributed by atoms with Crippen LogP contribution < -0.4 is 5.32 Å². The second kappa shape index (κ2) is 6.80. The lowest BCUT2D eigenvalue weighted by atomic mass is 10.2. The number of hydrogen-bond acceptors (Lipinski definition) is 6. The van der Waals surface area contributed by atoms with Crippen LogP contribution in [0.5, 0.6) is 0 Å². The van der Waals surface area contributed by atoms with Gasteiger partial charge in [0.05, 0.1) is 6.26 Å². The van der Waals surface area contributed by atoms with E-state index in [1.807, 2.05) is 6.92 Å². The molecule has 2 heterocycles. The molecule has 108 valence electrons. The fourth-order valence-electron chi connectivity index (χ4n) is 1.73. The number of carbonyl (C=O) groups excluding carboxylic acids is 1. The van der Waals surface area contributed by atoms with Gasteiger partial charge >= 0.3 is 0 Å². The molecular formula is C12H17N5O3. The van der Waals surface area contributed by atoms with E-state index in [0.29, 0.717) is 18.0 Å². The summed E-state index contributed by atoms with van der Waals surface area (Å²) in [4.78, 5) is 13.0. The molecule has 0 aliphatic heterocycles. The molecule has 20 heavy (non-hydrogen) atoms. The van der Waals surface area contributed by atoms with Crippen LogP contribution in [-0.2, 0) is 11.3 Å². The van der Waals surface area contributed by atoms with Gasteiger partial charge in [0.1, 0.15) is 6.54 Å². The SMILES string of the molecule is CC(CCCO)NC(=O)Cn1nnc(-c2ccco2)n1. The molecule has 2 N–H and O–H groups in total. The highest BCUT2D eigenvalue weighted by Gasteiger charge is 2.12. The van der Waals surface area contributed by atoms with Gasteiger partial charge in [0, 0.05) is 12.6 Å². The van der Waals surface area contributed by atoms with Crippen LogP contribution in [0.15, 0.2) is 22.8 Å². The van der Waals surface area contributed by atoms with E-state index >= 15 is 0 Å². The Labute approximate surface area is 115 Å². The van der Waals surface area contributed by atoms with Gasteiger partial charge in [-0.2, -0.15) is 4.80 Å². The van der Waals surface area contributed by atoms with Gasteiger partial charge in [0.25, 0.3) is 0 Å². The Morgan fingerprint density at radius 2 is 2.45 bits per heavy atom. The van der Waals surface area contributed by atoms with Crippen molar-refractivity contribution < 1.29 is 14.3 Å². The summed E-state index contributed by atoms with van der Waals surface area (Å²) in [6.07, 6.45) is 2.90. The smallest absolute Gasteiger partial charge is 0.243 e. The van der Waals surface area contributed by atoms with Gasteiger partial charge in [-0.3, -0.25) is 4.79 Å². The number of aliphatic hydroxyl groups excluding tert-OH is 1. The Morgan fingerprint density at radius 3 is 3.15 bits per heavy atom. The molecule has 2 rings (SSSR count). The number of carbonyl (C=O) groups is 1. The summed E-state index contributed by atoms with van der Waals surface area (Å²) in [6, 6.07) is 3.45. The van der Waals surface area contributed by atoms with Crippen molar-refractivity contribution in [1.82, 2.24) is 25.5 Å². The zero-order chi connectivity index (χ0) is 14.4. The second-order valence-electron chi connectivity index (χ2n) is 4.46. The highest BCUT2D eigenvalue weighted by atomic mass is 16.3. The number of hydrogen-bond donors (Lipinski definition) is 2. The number of furan rings is 1. The molecule has 0 spiro atoms. The number of tetrazole rings is 1. The Balaban J connectivity index is 1.86. The number of amides is 1. The minimum absolute atomic E-state index is 0.00251. The van der Waals surface area contributed by atoms with Gasteiger partial charge in [0.2, 0.25) is 11.7 Å². The van der Waals surface area contributed by atoms with Crippen molar-refractivity contribution in [2.24, 2.45) is 0 Å². The van der Waals surface area contributed by atoms with E-state index in [1.54, 1.807) is 12.1 Å². The Bertz CT molecular complexity index is 537. The summed E-state index contributed by atoms with van der Waals surface area (Å²) >= 11 is 0. The number of aliphatic hydroxyl groups is 1. The maximum absolute atomic E-state index is 11.8. The predicted octanol–water partition coefficient (Wildman–Crippen LogP) is 0.210. The van der Waals surface area contributed by atoms with Crippen LogP contribution in [0.4, 0.5) is 0 Å². The van der Waals surface area contributed by atoms with E-state index in [0.717, 1.165) is 6.42 Å². The number of nitrogens with zero attached hydrogens (tertiary/aromatic N) is 4. The largest absolute Gasteiger partial charge is 0.461 e. The van der Waals surface area contributed by atoms with E-state index in [-0.39, 0.29) is 25.1 Å². The monoisotopic (exact) mass is 279 g/mol. The summed E-state index contributed by atoms with van der Waals surface area (Å²) in [5.41, 5.74) is 0. The molecular weight excluding hydrogens is 262 g/mol. The maximum atomic E-state index is 11.8. The minimum Gasteiger partial charge on any atom is -0.461 e. The lowest BCUT2D eigenvalue weighted by Crippen LogP contribution is -2.35. The zero-order valence-corrected chi connectivity index (χ0v) is 11.2. The minimum atomic E-state index is -0.196. The van der Waals surface area contributed by atoms with Crippen LogP contribution in [0.3, 0.4) is 0 Å². The third-order valence-corrected chi connectivity index (χ3v) is 2.68. The van der Waals surface area contributed by atoms with Crippen LogP contribution in [-0.4, -0.2) is 43.9 Å². The Morgan fingerprint density at radius 1 is 1.60 bits per heavy atom. The van der Waals surface area contributed by atoms with E-state index in [2.05, 4.69) is 20.7 Å². The molecule has 0 radical (unpaired) electrons. The van der Waals surface area contributed by atoms with Crippen LogP contribution in [0, 0.1) is 0 Å². The predicted molar refractivity (Wildman–Crippen MR) is 69.4 cm³/mol. The lowest BCUT2D eigenvalue weighted by Gasteiger charge is -2.12. The van der Waals surface area contributed by atoms with Crippen molar-refractivity contribution >= 4 is 5.91 Å². The third-order valence-electron chi connectivity index (χ3n) is 2.68. The highest BCUT2D eigenvalue weighted by molar-refractivity contribution is 5.75. The Kier molecular flexibility index (Phi) is 4.83. The third kappa shape index (κ3) is 3.89. The first-order chi connectivity index (χ1) is 9.69. The molecule has 8 nitrogen and oxygen atoms in total. The van der Waals surface area contributed by atoms with Crippen LogP contribution >= 0.6 is 0 Å². The molecule has 0 aromatic carbocycles. The number of nitrogens with one attached hydrogen (secondary N) is 1. The quantitative estimate of drug-likeness (QED) is 0.750. The van der Waals surface area contributed by atoms with Crippen LogP contribution in [0.2, 0.25) is 0 Å². The molecule has 0 aliphatic rings. The molecule has 0 aliphatic carbocycles. The van der Waals surface area contributed by atoms with Gasteiger partial charge in [-0.25, -0.2) is 0 Å². The van der Waals surface area contributed by atoms with Crippen molar-refractivity contribution in [1.29, 1.82) is 0 Å². The first kappa shape index (κ1) is 14.2. The lowest BCUT2D eigenvalue weighted by molar-refractivity contribution is -0.122. The molecule has 0 fully saturated rings. The summed E-state index contributed by atoms with van der Waals surface area (Å²) < 4.78 is 5.14. The first-order valence-corrected chi connectivity index (χ1v) is 6.41. The first-order valence-electron chi connectivity index (χ1n) is 6.41. The standard InChI is InChI=1S/C12H17N5O3/c1-9(4-2-6-18)13-11(19)8-17-15-12(14-16-17)10-5-3-7-20-10/h3,5,7,9,18H,2,4,6,8H2,1H3,(H,13,19). The van der Waals surface area contributed by atoms with Crippen LogP contribution in [0.25, 0.3) is 11.6 Å². The van der Waals surface area contributed by atoms with Gasteiger partial charge in [-0.05, 0) is 37.1 Å². The van der Waals surface area contributed by atoms with Crippen molar-refractivity contribution in [2.45, 2.75) is 32.4 Å². The van der Waals surface area contributed by atoms with E-state index in [9.17, 15) is 4.79 Å². The van der Waals surface area contributed by atoms with E-state index in [4.69, 9.17) is 9.52 Å². The second-order valence-corrected chi connectivity index (χ2v) is 4.46. The van der Waals surface area contributed by atoms with Crippen molar-refractivity contribution in [2.75, 3.05) is 6.61 Å². The van der Waals surface area contributed by atoms with Crippen molar-refractivity contribution in [3.63, 3.8) is 0 Å². The summed E-state index contributed by atoms with van der Waals surface area (Å²) in [7, 11) is 0. The zero-order valence-electron chi connectivity index (χ0n) is 11.2. The number of aromatic nitrogens is 4. The molecule has 1 unspecified atom stereocenters.